The Morgan fingerprint density at radius 1 is 1.35 bits per heavy atom. The molecular weight excluding hydrogens is 278 g/mol. The molecule has 2 heterocycles. The van der Waals surface area contributed by atoms with Crippen LogP contribution in [0.2, 0.25) is 0 Å². The van der Waals surface area contributed by atoms with E-state index in [0.717, 1.165) is 29.3 Å². The van der Waals surface area contributed by atoms with Gasteiger partial charge in [-0.1, -0.05) is 34.1 Å². The van der Waals surface area contributed by atoms with Crippen LogP contribution < -0.4 is 0 Å². The lowest BCUT2D eigenvalue weighted by Gasteiger charge is -2.31. The van der Waals surface area contributed by atoms with Crippen LogP contribution in [0.5, 0.6) is 0 Å². The molecule has 0 aromatic heterocycles. The number of rotatable bonds is 1. The van der Waals surface area contributed by atoms with E-state index in [0.29, 0.717) is 12.1 Å². The standard InChI is InChI=1S/C14H14BrNO/c15-11-4-1-3-10(9-11)14(17)16-12-5-2-6-13(16)8-7-12/h1-5,9,12-13H,6-8H2/t12-,13-/m0/s1. The molecule has 17 heavy (non-hydrogen) atoms. The lowest BCUT2D eigenvalue weighted by Crippen LogP contribution is -2.42. The van der Waals surface area contributed by atoms with Gasteiger partial charge in [-0.2, -0.15) is 0 Å². The zero-order valence-electron chi connectivity index (χ0n) is 9.47. The minimum Gasteiger partial charge on any atom is -0.329 e. The first-order valence-corrected chi connectivity index (χ1v) is 6.80. The molecule has 2 bridgehead atoms. The second-order valence-corrected chi connectivity index (χ2v) is 5.60. The number of hydrogen-bond donors (Lipinski definition) is 0. The maximum Gasteiger partial charge on any atom is 0.254 e. The van der Waals surface area contributed by atoms with Crippen molar-refractivity contribution in [1.82, 2.24) is 4.90 Å². The molecule has 1 aromatic carbocycles. The van der Waals surface area contributed by atoms with Gasteiger partial charge in [0.05, 0.1) is 6.04 Å². The fourth-order valence-corrected chi connectivity index (χ4v) is 3.21. The summed E-state index contributed by atoms with van der Waals surface area (Å²) in [6.45, 7) is 0. The number of benzene rings is 1. The molecule has 1 saturated heterocycles. The van der Waals surface area contributed by atoms with Gasteiger partial charge >= 0.3 is 0 Å². The molecule has 2 atom stereocenters. The first kappa shape index (κ1) is 11.0. The van der Waals surface area contributed by atoms with Crippen molar-refractivity contribution in [2.24, 2.45) is 0 Å². The number of halogens is 1. The molecule has 0 aliphatic carbocycles. The summed E-state index contributed by atoms with van der Waals surface area (Å²) in [5.41, 5.74) is 0.784. The van der Waals surface area contributed by atoms with E-state index in [2.05, 4.69) is 33.0 Å². The molecule has 2 aliphatic rings. The van der Waals surface area contributed by atoms with Gasteiger partial charge in [0, 0.05) is 16.1 Å². The maximum atomic E-state index is 12.5. The summed E-state index contributed by atoms with van der Waals surface area (Å²) >= 11 is 3.42. The number of amides is 1. The van der Waals surface area contributed by atoms with Crippen LogP contribution in [-0.2, 0) is 0 Å². The van der Waals surface area contributed by atoms with Gasteiger partial charge in [0.15, 0.2) is 0 Å². The number of carbonyl (C=O) groups excluding carboxylic acids is 1. The molecule has 2 aliphatic heterocycles. The second kappa shape index (κ2) is 4.30. The highest BCUT2D eigenvalue weighted by Gasteiger charge is 2.37. The summed E-state index contributed by atoms with van der Waals surface area (Å²) in [7, 11) is 0. The van der Waals surface area contributed by atoms with Crippen LogP contribution in [-0.4, -0.2) is 22.9 Å². The Balaban J connectivity index is 1.90. The number of fused-ring (bicyclic) bond motifs is 2. The van der Waals surface area contributed by atoms with E-state index >= 15 is 0 Å². The van der Waals surface area contributed by atoms with E-state index in [1.807, 2.05) is 24.3 Å². The van der Waals surface area contributed by atoms with Gasteiger partial charge in [-0.3, -0.25) is 4.79 Å². The molecule has 0 unspecified atom stereocenters. The van der Waals surface area contributed by atoms with Crippen molar-refractivity contribution in [1.29, 1.82) is 0 Å². The van der Waals surface area contributed by atoms with Crippen molar-refractivity contribution >= 4 is 21.8 Å². The molecule has 0 N–H and O–H groups in total. The van der Waals surface area contributed by atoms with E-state index in [4.69, 9.17) is 0 Å². The molecule has 0 radical (unpaired) electrons. The Hall–Kier alpha value is -1.09. The van der Waals surface area contributed by atoms with Crippen LogP contribution in [0, 0.1) is 0 Å². The highest BCUT2D eigenvalue weighted by Crippen LogP contribution is 2.32. The van der Waals surface area contributed by atoms with Gasteiger partial charge < -0.3 is 4.90 Å². The normalized spacial score (nSPS) is 26.3. The monoisotopic (exact) mass is 291 g/mol. The predicted molar refractivity (Wildman–Crippen MR) is 70.9 cm³/mol. The molecular formula is C14H14BrNO. The maximum absolute atomic E-state index is 12.5. The average molecular weight is 292 g/mol. The van der Waals surface area contributed by atoms with Crippen molar-refractivity contribution in [2.45, 2.75) is 31.3 Å². The summed E-state index contributed by atoms with van der Waals surface area (Å²) in [5.74, 6) is 0.170. The van der Waals surface area contributed by atoms with E-state index in [9.17, 15) is 4.79 Å². The Morgan fingerprint density at radius 3 is 3.00 bits per heavy atom. The minimum atomic E-state index is 0.170. The molecule has 0 saturated carbocycles. The van der Waals surface area contributed by atoms with Gasteiger partial charge in [0.1, 0.15) is 0 Å². The molecule has 3 rings (SSSR count). The SMILES string of the molecule is O=C(c1cccc(Br)c1)N1[C@H]2CC=C[C@H]1CC2. The summed E-state index contributed by atoms with van der Waals surface area (Å²) < 4.78 is 0.961. The van der Waals surface area contributed by atoms with Crippen molar-refractivity contribution in [3.05, 3.63) is 46.5 Å². The smallest absolute Gasteiger partial charge is 0.254 e. The fraction of sp³-hybridized carbons (Fsp3) is 0.357. The molecule has 3 heteroatoms. The Bertz CT molecular complexity index is 483. The highest BCUT2D eigenvalue weighted by molar-refractivity contribution is 9.10. The van der Waals surface area contributed by atoms with E-state index in [1.54, 1.807) is 0 Å². The fourth-order valence-electron chi connectivity index (χ4n) is 2.81. The molecule has 0 spiro atoms. The third-order valence-electron chi connectivity index (χ3n) is 3.62. The van der Waals surface area contributed by atoms with Crippen LogP contribution in [0.1, 0.15) is 29.6 Å². The zero-order chi connectivity index (χ0) is 11.8. The predicted octanol–water partition coefficient (Wildman–Crippen LogP) is 3.38. The van der Waals surface area contributed by atoms with E-state index < -0.39 is 0 Å². The molecule has 1 aromatic rings. The Kier molecular flexibility index (Phi) is 2.79. The van der Waals surface area contributed by atoms with Crippen LogP contribution in [0.3, 0.4) is 0 Å². The molecule has 1 amide bonds. The van der Waals surface area contributed by atoms with Crippen molar-refractivity contribution in [3.8, 4) is 0 Å². The minimum absolute atomic E-state index is 0.170. The Labute approximate surface area is 109 Å². The molecule has 2 nitrogen and oxygen atoms in total. The molecule has 1 fully saturated rings. The summed E-state index contributed by atoms with van der Waals surface area (Å²) in [6, 6.07) is 8.39. The second-order valence-electron chi connectivity index (χ2n) is 4.69. The van der Waals surface area contributed by atoms with Gasteiger partial charge in [0.25, 0.3) is 5.91 Å². The van der Waals surface area contributed by atoms with Crippen molar-refractivity contribution in [2.75, 3.05) is 0 Å². The third kappa shape index (κ3) is 1.93. The summed E-state index contributed by atoms with van der Waals surface area (Å²) in [5, 5.41) is 0. The summed E-state index contributed by atoms with van der Waals surface area (Å²) in [6.07, 6.45) is 7.65. The van der Waals surface area contributed by atoms with E-state index in [-0.39, 0.29) is 5.91 Å². The number of hydrogen-bond acceptors (Lipinski definition) is 1. The van der Waals surface area contributed by atoms with Crippen LogP contribution in [0.15, 0.2) is 40.9 Å². The van der Waals surface area contributed by atoms with Gasteiger partial charge in [-0.05, 0) is 37.5 Å². The largest absolute Gasteiger partial charge is 0.329 e. The Morgan fingerprint density at radius 2 is 2.24 bits per heavy atom. The van der Waals surface area contributed by atoms with Crippen molar-refractivity contribution in [3.63, 3.8) is 0 Å². The lowest BCUT2D eigenvalue weighted by atomic mass is 10.1. The molecule has 88 valence electrons. The third-order valence-corrected chi connectivity index (χ3v) is 4.11. The van der Waals surface area contributed by atoms with Crippen LogP contribution >= 0.6 is 15.9 Å². The van der Waals surface area contributed by atoms with Crippen LogP contribution in [0.4, 0.5) is 0 Å². The lowest BCUT2D eigenvalue weighted by molar-refractivity contribution is 0.0689. The van der Waals surface area contributed by atoms with Crippen LogP contribution in [0.25, 0.3) is 0 Å². The first-order valence-electron chi connectivity index (χ1n) is 6.00. The van der Waals surface area contributed by atoms with Gasteiger partial charge in [-0.15, -0.1) is 0 Å². The number of carbonyl (C=O) groups is 1. The zero-order valence-corrected chi connectivity index (χ0v) is 11.1. The van der Waals surface area contributed by atoms with Gasteiger partial charge in [-0.25, -0.2) is 0 Å². The van der Waals surface area contributed by atoms with Gasteiger partial charge in [0.2, 0.25) is 0 Å². The quantitative estimate of drug-likeness (QED) is 0.727. The van der Waals surface area contributed by atoms with Crippen molar-refractivity contribution < 1.29 is 4.79 Å². The summed E-state index contributed by atoms with van der Waals surface area (Å²) in [4.78, 5) is 14.5. The topological polar surface area (TPSA) is 20.3 Å². The van der Waals surface area contributed by atoms with E-state index in [1.165, 1.54) is 0 Å². The highest BCUT2D eigenvalue weighted by atomic mass is 79.9. The first-order chi connectivity index (χ1) is 8.25. The number of nitrogens with zero attached hydrogens (tertiary/aromatic N) is 1. The average Bonchev–Trinajstić information content (AvgIpc) is 2.58.